The van der Waals surface area contributed by atoms with E-state index >= 15 is 0 Å². The Kier molecular flexibility index (Phi) is 8.20. The zero-order valence-corrected chi connectivity index (χ0v) is 24.8. The van der Waals surface area contributed by atoms with Gasteiger partial charge in [-0.3, -0.25) is 0 Å². The summed E-state index contributed by atoms with van der Waals surface area (Å²) < 4.78 is 41.6. The van der Waals surface area contributed by atoms with Crippen LogP contribution in [-0.4, -0.2) is 31.8 Å². The molecule has 0 bridgehead atoms. The van der Waals surface area contributed by atoms with Gasteiger partial charge < -0.3 is 19.1 Å². The maximum atomic E-state index is 14.5. The summed E-state index contributed by atoms with van der Waals surface area (Å²) in [6, 6.07) is 26.0. The first-order valence-electron chi connectivity index (χ1n) is 13.6. The van der Waals surface area contributed by atoms with E-state index in [-0.39, 0.29) is 17.9 Å². The average Bonchev–Trinajstić information content (AvgIpc) is 3.42. The van der Waals surface area contributed by atoms with Crippen molar-refractivity contribution < 1.29 is 27.5 Å². The van der Waals surface area contributed by atoms with Crippen molar-refractivity contribution >= 4 is 27.0 Å². The molecular weight excluding hydrogens is 550 g/mol. The predicted molar refractivity (Wildman–Crippen MR) is 161 cm³/mol. The van der Waals surface area contributed by atoms with Gasteiger partial charge in [0.05, 0.1) is 24.0 Å². The monoisotopic (exact) mass is 582 g/mol. The number of sulfonamides is 1. The minimum Gasteiger partial charge on any atom is -0.548 e. The molecule has 0 amide bonds. The summed E-state index contributed by atoms with van der Waals surface area (Å²) in [6.07, 6.45) is -0.0566. The Labute approximate surface area is 246 Å². The molecule has 5 aromatic rings. The Morgan fingerprint density at radius 1 is 0.881 bits per heavy atom. The number of fused-ring (bicyclic) bond motifs is 1. The number of hydrogen-bond donors (Lipinski definition) is 0. The molecule has 42 heavy (non-hydrogen) atoms. The molecule has 0 saturated carbocycles. The van der Waals surface area contributed by atoms with Gasteiger partial charge in [0.25, 0.3) is 0 Å². The van der Waals surface area contributed by atoms with E-state index in [0.717, 1.165) is 20.8 Å². The molecule has 4 aromatic carbocycles. The molecule has 0 spiro atoms. The summed E-state index contributed by atoms with van der Waals surface area (Å²) in [5.41, 5.74) is 4.42. The second kappa shape index (κ2) is 11.8. The van der Waals surface area contributed by atoms with E-state index in [9.17, 15) is 18.3 Å². The molecule has 0 radical (unpaired) electrons. The summed E-state index contributed by atoms with van der Waals surface area (Å²) in [5, 5.41) is 13.6. The van der Waals surface area contributed by atoms with Gasteiger partial charge in [-0.15, -0.1) is 0 Å². The third-order valence-corrected chi connectivity index (χ3v) is 9.78. The number of hydrogen-bond acceptors (Lipinski definition) is 6. The molecule has 1 heterocycles. The van der Waals surface area contributed by atoms with Crippen molar-refractivity contribution in [1.82, 2.24) is 4.31 Å². The third-order valence-electron chi connectivity index (χ3n) is 7.63. The summed E-state index contributed by atoms with van der Waals surface area (Å²) in [7, 11) is -2.81. The number of furan rings is 1. The van der Waals surface area contributed by atoms with E-state index in [1.54, 1.807) is 57.2 Å². The number of nitrogens with zero attached hydrogens (tertiary/aromatic N) is 1. The van der Waals surface area contributed by atoms with E-state index in [4.69, 9.17) is 9.15 Å². The molecule has 1 aromatic heterocycles. The maximum Gasteiger partial charge on any atom is 0.244 e. The number of methoxy groups -OCH3 is 1. The molecule has 0 saturated heterocycles. The first kappa shape index (κ1) is 29.1. The number of ether oxygens (including phenoxy) is 1. The third kappa shape index (κ3) is 5.68. The number of benzene rings is 4. The number of para-hydroxylation sites is 1. The lowest BCUT2D eigenvalue weighted by molar-refractivity contribution is -0.310. The maximum absolute atomic E-state index is 14.5. The first-order chi connectivity index (χ1) is 20.1. The average molecular weight is 583 g/mol. The molecule has 7 nitrogen and oxygen atoms in total. The molecule has 216 valence electrons. The van der Waals surface area contributed by atoms with E-state index in [0.29, 0.717) is 39.3 Å². The molecule has 0 aliphatic rings. The van der Waals surface area contributed by atoms with Crippen LogP contribution in [0, 0.1) is 20.8 Å². The highest BCUT2D eigenvalue weighted by Gasteiger charge is 2.35. The van der Waals surface area contributed by atoms with Crippen molar-refractivity contribution in [2.75, 3.05) is 7.11 Å². The zero-order chi connectivity index (χ0) is 30.0. The Bertz CT molecular complexity index is 1830. The Hall–Kier alpha value is -4.40. The van der Waals surface area contributed by atoms with Crippen molar-refractivity contribution in [3.63, 3.8) is 0 Å². The van der Waals surface area contributed by atoms with E-state index in [1.165, 1.54) is 7.11 Å². The van der Waals surface area contributed by atoms with Crippen LogP contribution < -0.4 is 9.84 Å². The largest absolute Gasteiger partial charge is 0.548 e. The van der Waals surface area contributed by atoms with Crippen molar-refractivity contribution in [2.45, 2.75) is 44.7 Å². The highest BCUT2D eigenvalue weighted by Crippen LogP contribution is 2.35. The number of aliphatic carboxylic acids is 1. The van der Waals surface area contributed by atoms with Crippen LogP contribution in [0.25, 0.3) is 22.3 Å². The highest BCUT2D eigenvalue weighted by atomic mass is 32.2. The second-order valence-corrected chi connectivity index (χ2v) is 12.2. The highest BCUT2D eigenvalue weighted by molar-refractivity contribution is 7.89. The lowest BCUT2D eigenvalue weighted by Crippen LogP contribution is -2.51. The topological polar surface area (TPSA) is 99.9 Å². The van der Waals surface area contributed by atoms with Crippen molar-refractivity contribution in [3.05, 3.63) is 119 Å². The van der Waals surface area contributed by atoms with Gasteiger partial charge in [0.2, 0.25) is 10.0 Å². The lowest BCUT2D eigenvalue weighted by atomic mass is 10.0. The zero-order valence-electron chi connectivity index (χ0n) is 24.0. The molecule has 1 unspecified atom stereocenters. The van der Waals surface area contributed by atoms with Gasteiger partial charge in [0.1, 0.15) is 17.1 Å². The molecule has 8 heteroatoms. The fourth-order valence-electron chi connectivity index (χ4n) is 5.38. The Morgan fingerprint density at radius 2 is 1.57 bits per heavy atom. The standard InChI is InChI=1S/C34H33NO6S/c1-22-17-31(40-4)23(2)24(3)33(22)42(38,39)35(29(34(36)37)19-25-11-6-5-7-12-25)21-26-13-10-15-27(18-26)32-20-28-14-8-9-16-30(28)41-32/h5-18,20,29H,19,21H2,1-4H3,(H,36,37)/p-1. The van der Waals surface area contributed by atoms with Gasteiger partial charge in [0.15, 0.2) is 0 Å². The number of carbonyl (C=O) groups excluding carboxylic acids is 1. The summed E-state index contributed by atoms with van der Waals surface area (Å²) in [6.45, 7) is 5.00. The van der Waals surface area contributed by atoms with Gasteiger partial charge >= 0.3 is 0 Å². The van der Waals surface area contributed by atoms with Crippen molar-refractivity contribution in [3.8, 4) is 17.1 Å². The van der Waals surface area contributed by atoms with E-state index < -0.39 is 22.0 Å². The molecular formula is C34H32NO6S-. The molecule has 0 aliphatic heterocycles. The van der Waals surface area contributed by atoms with Crippen molar-refractivity contribution in [1.29, 1.82) is 0 Å². The second-order valence-electron chi connectivity index (χ2n) is 10.4. The smallest absolute Gasteiger partial charge is 0.244 e. The van der Waals surface area contributed by atoms with Crippen LogP contribution in [0.1, 0.15) is 27.8 Å². The normalized spacial score (nSPS) is 12.5. The quantitative estimate of drug-likeness (QED) is 0.213. The predicted octanol–water partition coefficient (Wildman–Crippen LogP) is 5.59. The fourth-order valence-corrected chi connectivity index (χ4v) is 7.43. The summed E-state index contributed by atoms with van der Waals surface area (Å²) >= 11 is 0. The van der Waals surface area contributed by atoms with E-state index in [1.807, 2.05) is 54.6 Å². The number of aryl methyl sites for hydroxylation is 1. The Morgan fingerprint density at radius 3 is 2.26 bits per heavy atom. The van der Waals surface area contributed by atoms with Crippen LogP contribution in [0.4, 0.5) is 0 Å². The van der Waals surface area contributed by atoms with Crippen LogP contribution in [-0.2, 0) is 27.8 Å². The lowest BCUT2D eigenvalue weighted by Gasteiger charge is -2.33. The molecule has 0 fully saturated rings. The van der Waals surface area contributed by atoms with Crippen LogP contribution in [0.3, 0.4) is 0 Å². The number of carboxylic acid groups (broad SMARTS) is 1. The number of rotatable bonds is 10. The van der Waals surface area contributed by atoms with E-state index in [2.05, 4.69) is 0 Å². The first-order valence-corrected chi connectivity index (χ1v) is 15.0. The number of carboxylic acids is 1. The van der Waals surface area contributed by atoms with Crippen LogP contribution >= 0.6 is 0 Å². The van der Waals surface area contributed by atoms with Crippen LogP contribution in [0.2, 0.25) is 0 Å². The molecule has 5 rings (SSSR count). The fraction of sp³-hybridized carbons (Fsp3) is 0.206. The van der Waals surface area contributed by atoms with Gasteiger partial charge in [-0.2, -0.15) is 4.31 Å². The van der Waals surface area contributed by atoms with Crippen LogP contribution in [0.5, 0.6) is 5.75 Å². The minimum absolute atomic E-state index is 0.0566. The van der Waals surface area contributed by atoms with Gasteiger partial charge in [-0.25, -0.2) is 8.42 Å². The van der Waals surface area contributed by atoms with Gasteiger partial charge in [-0.1, -0.05) is 66.7 Å². The van der Waals surface area contributed by atoms with Gasteiger partial charge in [-0.05, 0) is 79.3 Å². The van der Waals surface area contributed by atoms with Crippen LogP contribution in [0.15, 0.2) is 100 Å². The van der Waals surface area contributed by atoms with Gasteiger partial charge in [0, 0.05) is 17.5 Å². The number of carbonyl (C=O) groups is 1. The summed E-state index contributed by atoms with van der Waals surface area (Å²) in [4.78, 5) is 12.7. The molecule has 0 N–H and O–H groups in total. The van der Waals surface area contributed by atoms with Crippen molar-refractivity contribution in [2.24, 2.45) is 0 Å². The molecule has 1 atom stereocenters. The SMILES string of the molecule is COc1cc(C)c(S(=O)(=O)N(Cc2cccc(-c3cc4ccccc4o3)c2)C(Cc2ccccc2)C(=O)[O-])c(C)c1C. The summed E-state index contributed by atoms with van der Waals surface area (Å²) in [5.74, 6) is -0.281. The molecule has 0 aliphatic carbocycles. The Balaban J connectivity index is 1.62. The minimum atomic E-state index is -4.34.